The fraction of sp³-hybridized carbons (Fsp3) is 0.0357. The van der Waals surface area contributed by atoms with Crippen molar-refractivity contribution in [1.82, 2.24) is 9.47 Å². The number of rotatable bonds is 6. The summed E-state index contributed by atoms with van der Waals surface area (Å²) < 4.78 is 4.20. The van der Waals surface area contributed by atoms with Gasteiger partial charge in [0.05, 0.1) is 0 Å². The van der Waals surface area contributed by atoms with Gasteiger partial charge in [0.2, 0.25) is 0 Å². The zero-order valence-corrected chi connectivity index (χ0v) is 20.6. The SMILES string of the molecule is CN(C=O)C(=O)/C(=C\c1ccc(-n2c3ccccc3c3ccccc32)[se]1)C(=O)Nc1ccccc1. The molecule has 5 rings (SSSR count). The monoisotopic (exact) mass is 527 g/mol. The molecule has 3 amide bonds. The van der Waals surface area contributed by atoms with Gasteiger partial charge >= 0.3 is 208 Å². The number of hydrogen-bond donors (Lipinski definition) is 1. The first-order valence-electron chi connectivity index (χ1n) is 11.0. The molecule has 0 bridgehead atoms. The van der Waals surface area contributed by atoms with Gasteiger partial charge < -0.3 is 0 Å². The van der Waals surface area contributed by atoms with Gasteiger partial charge in [-0.25, -0.2) is 0 Å². The van der Waals surface area contributed by atoms with Crippen LogP contribution in [0.1, 0.15) is 4.44 Å². The Morgan fingerprint density at radius 2 is 1.43 bits per heavy atom. The van der Waals surface area contributed by atoms with Crippen LogP contribution < -0.4 is 5.32 Å². The average Bonchev–Trinajstić information content (AvgIpc) is 3.49. The molecule has 0 aliphatic heterocycles. The maximum atomic E-state index is 13.0. The van der Waals surface area contributed by atoms with Crippen LogP contribution in [0.5, 0.6) is 0 Å². The zero-order chi connectivity index (χ0) is 24.4. The van der Waals surface area contributed by atoms with Crippen LogP contribution >= 0.6 is 0 Å². The van der Waals surface area contributed by atoms with Crippen molar-refractivity contribution in [2.24, 2.45) is 0 Å². The van der Waals surface area contributed by atoms with E-state index in [-0.39, 0.29) is 20.1 Å². The van der Waals surface area contributed by atoms with Crippen molar-refractivity contribution in [2.75, 3.05) is 12.4 Å². The maximum absolute atomic E-state index is 13.0. The number of amides is 3. The number of aromatic nitrogens is 1. The van der Waals surface area contributed by atoms with Gasteiger partial charge in [0.25, 0.3) is 0 Å². The van der Waals surface area contributed by atoms with Gasteiger partial charge in [-0.1, -0.05) is 0 Å². The van der Waals surface area contributed by atoms with Crippen LogP contribution in [0, 0.1) is 0 Å². The van der Waals surface area contributed by atoms with Crippen LogP contribution in [0.15, 0.2) is 96.6 Å². The molecule has 7 heteroatoms. The summed E-state index contributed by atoms with van der Waals surface area (Å²) in [6.45, 7) is 0. The fourth-order valence-electron chi connectivity index (χ4n) is 4.02. The van der Waals surface area contributed by atoms with Crippen LogP contribution in [0.3, 0.4) is 0 Å². The molecule has 0 saturated heterocycles. The summed E-state index contributed by atoms with van der Waals surface area (Å²) >= 11 is -0.164. The molecule has 0 aliphatic rings. The van der Waals surface area contributed by atoms with Crippen molar-refractivity contribution in [3.63, 3.8) is 0 Å². The standard InChI is InChI=1S/C28H21N3O3Se/c1-30(18-32)28(34)23(27(33)29-19-9-3-2-4-10-19)17-20-15-16-26(35-20)31-24-13-7-5-11-21(24)22-12-6-8-14-25(22)31/h2-18H,1H3,(H,29,33)/b23-17-. The summed E-state index contributed by atoms with van der Waals surface area (Å²) in [5.41, 5.74) is 2.70. The fourth-order valence-corrected chi connectivity index (χ4v) is 6.08. The second-order valence-electron chi connectivity index (χ2n) is 7.95. The Morgan fingerprint density at radius 1 is 0.829 bits per heavy atom. The van der Waals surface area contributed by atoms with Crippen LogP contribution in [-0.2, 0) is 14.4 Å². The number of benzene rings is 3. The number of carbonyl (C=O) groups excluding carboxylic acids is 3. The minimum atomic E-state index is -0.657. The summed E-state index contributed by atoms with van der Waals surface area (Å²) in [5.74, 6) is -1.22. The Morgan fingerprint density at radius 3 is 2.06 bits per heavy atom. The molecule has 0 atom stereocenters. The van der Waals surface area contributed by atoms with E-state index in [1.807, 2.05) is 42.5 Å². The summed E-state index contributed by atoms with van der Waals surface area (Å²) in [5, 5.41) is 5.10. The Bertz CT molecular complexity index is 1540. The number of likely N-dealkylation sites (N-methyl/N-ethyl adjacent to an activating group) is 1. The van der Waals surface area contributed by atoms with Gasteiger partial charge in [-0.3, -0.25) is 0 Å². The molecule has 0 spiro atoms. The molecule has 35 heavy (non-hydrogen) atoms. The first-order valence-corrected chi connectivity index (χ1v) is 12.7. The van der Waals surface area contributed by atoms with Gasteiger partial charge in [-0.05, 0) is 0 Å². The van der Waals surface area contributed by atoms with Gasteiger partial charge in [0.15, 0.2) is 0 Å². The first-order chi connectivity index (χ1) is 17.1. The molecule has 2 aromatic heterocycles. The van der Waals surface area contributed by atoms with Gasteiger partial charge in [0, 0.05) is 0 Å². The quantitative estimate of drug-likeness (QED) is 0.117. The summed E-state index contributed by atoms with van der Waals surface area (Å²) in [6.07, 6.45) is 2.00. The molecule has 0 saturated carbocycles. The molecular formula is C28H21N3O3Se. The van der Waals surface area contributed by atoms with E-state index in [0.717, 1.165) is 24.9 Å². The van der Waals surface area contributed by atoms with Crippen molar-refractivity contribution in [3.05, 3.63) is 101 Å². The van der Waals surface area contributed by atoms with Gasteiger partial charge in [-0.15, -0.1) is 0 Å². The number of nitrogens with zero attached hydrogens (tertiary/aromatic N) is 2. The predicted molar refractivity (Wildman–Crippen MR) is 140 cm³/mol. The molecular weight excluding hydrogens is 505 g/mol. The Balaban J connectivity index is 1.57. The Labute approximate surface area is 207 Å². The molecule has 2 heterocycles. The Hall–Kier alpha value is -4.19. The molecule has 0 aliphatic carbocycles. The molecule has 1 N–H and O–H groups in total. The molecule has 0 unspecified atom stereocenters. The summed E-state index contributed by atoms with van der Waals surface area (Å²) in [4.78, 5) is 38.0. The van der Waals surface area contributed by atoms with E-state index >= 15 is 0 Å². The van der Waals surface area contributed by atoms with E-state index in [4.69, 9.17) is 0 Å². The predicted octanol–water partition coefficient (Wildman–Crippen LogP) is 4.48. The average molecular weight is 526 g/mol. The van der Waals surface area contributed by atoms with Crippen molar-refractivity contribution >= 4 is 66.3 Å². The topological polar surface area (TPSA) is 71.4 Å². The zero-order valence-electron chi connectivity index (χ0n) is 18.8. The van der Waals surface area contributed by atoms with Crippen molar-refractivity contribution < 1.29 is 14.4 Å². The van der Waals surface area contributed by atoms with Crippen molar-refractivity contribution in [2.45, 2.75) is 0 Å². The van der Waals surface area contributed by atoms with Gasteiger partial charge in [0.1, 0.15) is 0 Å². The summed E-state index contributed by atoms with van der Waals surface area (Å²) in [6, 6.07) is 29.4. The number of nitrogens with one attached hydrogen (secondary N) is 1. The van der Waals surface area contributed by atoms with Gasteiger partial charge in [-0.2, -0.15) is 0 Å². The van der Waals surface area contributed by atoms with E-state index in [9.17, 15) is 14.4 Å². The number of para-hydroxylation sites is 3. The molecule has 0 fully saturated rings. The van der Waals surface area contributed by atoms with E-state index in [0.29, 0.717) is 12.1 Å². The van der Waals surface area contributed by atoms with Crippen molar-refractivity contribution in [1.29, 1.82) is 0 Å². The molecule has 3 aromatic carbocycles. The molecule has 0 radical (unpaired) electrons. The Kier molecular flexibility index (Phi) is 6.19. The molecule has 172 valence electrons. The summed E-state index contributed by atoms with van der Waals surface area (Å²) in [7, 11) is 1.34. The number of imide groups is 1. The van der Waals surface area contributed by atoms with Crippen LogP contribution in [0.25, 0.3) is 32.4 Å². The first kappa shape index (κ1) is 22.6. The second-order valence-corrected chi connectivity index (χ2v) is 10.2. The normalized spacial score (nSPS) is 11.5. The molecule has 5 aromatic rings. The third-order valence-corrected chi connectivity index (χ3v) is 7.82. The van der Waals surface area contributed by atoms with Crippen LogP contribution in [0.4, 0.5) is 5.69 Å². The second kappa shape index (κ2) is 9.58. The molecule has 6 nitrogen and oxygen atoms in total. The number of fused-ring (bicyclic) bond motifs is 3. The number of hydrogen-bond acceptors (Lipinski definition) is 3. The van der Waals surface area contributed by atoms with E-state index < -0.39 is 11.8 Å². The minimum absolute atomic E-state index is 0.0894. The number of carbonyl (C=O) groups is 3. The van der Waals surface area contributed by atoms with Crippen LogP contribution in [-0.4, -0.2) is 49.2 Å². The van der Waals surface area contributed by atoms with E-state index in [1.54, 1.807) is 30.3 Å². The van der Waals surface area contributed by atoms with E-state index in [2.05, 4.69) is 34.1 Å². The van der Waals surface area contributed by atoms with Crippen LogP contribution in [0.2, 0.25) is 0 Å². The van der Waals surface area contributed by atoms with Crippen molar-refractivity contribution in [3.8, 4) is 4.56 Å². The third kappa shape index (κ3) is 4.35. The third-order valence-electron chi connectivity index (χ3n) is 5.68. The number of anilines is 1. The van der Waals surface area contributed by atoms with E-state index in [1.165, 1.54) is 17.8 Å².